The molecule has 0 aliphatic carbocycles. The number of carbonyl (C=O) groups excluding carboxylic acids is 1. The Hall–Kier alpha value is -1.10. The van der Waals surface area contributed by atoms with Crippen molar-refractivity contribution >= 4 is 11.9 Å². The van der Waals surface area contributed by atoms with E-state index >= 15 is 0 Å². The topological polar surface area (TPSA) is 72.8 Å². The van der Waals surface area contributed by atoms with E-state index in [9.17, 15) is 9.59 Å². The summed E-state index contributed by atoms with van der Waals surface area (Å²) in [6.07, 6.45) is -0.0362. The van der Waals surface area contributed by atoms with Gasteiger partial charge < -0.3 is 14.6 Å². The molecule has 0 saturated heterocycles. The Morgan fingerprint density at radius 3 is 2.33 bits per heavy atom. The lowest BCUT2D eigenvalue weighted by Crippen LogP contribution is -2.27. The molecule has 1 atom stereocenters. The predicted molar refractivity (Wildman–Crippen MR) is 53.5 cm³/mol. The Morgan fingerprint density at radius 1 is 1.33 bits per heavy atom. The van der Waals surface area contributed by atoms with Crippen LogP contribution < -0.4 is 0 Å². The van der Waals surface area contributed by atoms with Crippen molar-refractivity contribution in [2.75, 3.05) is 7.11 Å². The first-order valence-electron chi connectivity index (χ1n) is 4.92. The molecular formula is C10H18O5. The second kappa shape index (κ2) is 7.23. The van der Waals surface area contributed by atoms with Crippen LogP contribution in [-0.2, 0) is 19.1 Å². The van der Waals surface area contributed by atoms with E-state index in [0.29, 0.717) is 12.8 Å². The smallest absolute Gasteiger partial charge is 0.335 e. The summed E-state index contributed by atoms with van der Waals surface area (Å²) in [4.78, 5) is 21.6. The molecule has 1 N–H and O–H groups in total. The Bertz CT molecular complexity index is 212. The number of methoxy groups -OCH3 is 1. The van der Waals surface area contributed by atoms with Gasteiger partial charge in [-0.15, -0.1) is 0 Å². The number of carboxylic acid groups (broad SMARTS) is 1. The fourth-order valence-electron chi connectivity index (χ4n) is 1.08. The fraction of sp³-hybridized carbons (Fsp3) is 0.800. The first kappa shape index (κ1) is 13.9. The quantitative estimate of drug-likeness (QED) is 0.650. The minimum Gasteiger partial charge on any atom is -0.481 e. The highest BCUT2D eigenvalue weighted by atomic mass is 16.6. The maximum Gasteiger partial charge on any atom is 0.335 e. The van der Waals surface area contributed by atoms with Gasteiger partial charge in [-0.2, -0.15) is 0 Å². The van der Waals surface area contributed by atoms with E-state index < -0.39 is 18.0 Å². The molecule has 0 aliphatic heterocycles. The van der Waals surface area contributed by atoms with Crippen molar-refractivity contribution in [2.24, 2.45) is 0 Å². The van der Waals surface area contributed by atoms with Gasteiger partial charge in [0, 0.05) is 13.5 Å². The molecule has 0 amide bonds. The molecule has 0 bridgehead atoms. The van der Waals surface area contributed by atoms with Crippen LogP contribution in [0.15, 0.2) is 0 Å². The molecular weight excluding hydrogens is 200 g/mol. The highest BCUT2D eigenvalue weighted by molar-refractivity contribution is 5.75. The zero-order valence-electron chi connectivity index (χ0n) is 9.36. The highest BCUT2D eigenvalue weighted by Gasteiger charge is 2.20. The molecule has 88 valence electrons. The first-order chi connectivity index (χ1) is 6.97. The zero-order valence-corrected chi connectivity index (χ0v) is 9.36. The minimum absolute atomic E-state index is 0.0365. The number of aliphatic carboxylic acids is 1. The highest BCUT2D eigenvalue weighted by Crippen LogP contribution is 2.07. The SMILES string of the molecule is COC(CCCC(=O)O)C(=O)OC(C)C. The van der Waals surface area contributed by atoms with E-state index in [1.54, 1.807) is 13.8 Å². The van der Waals surface area contributed by atoms with Crippen LogP contribution in [0.4, 0.5) is 0 Å². The number of hydrogen-bond donors (Lipinski definition) is 1. The van der Waals surface area contributed by atoms with E-state index in [1.165, 1.54) is 7.11 Å². The summed E-state index contributed by atoms with van der Waals surface area (Å²) in [5.74, 6) is -1.31. The molecule has 0 aliphatic rings. The van der Waals surface area contributed by atoms with Gasteiger partial charge in [-0.1, -0.05) is 0 Å². The summed E-state index contributed by atoms with van der Waals surface area (Å²) >= 11 is 0. The van der Waals surface area contributed by atoms with Crippen molar-refractivity contribution in [3.63, 3.8) is 0 Å². The van der Waals surface area contributed by atoms with Crippen molar-refractivity contribution in [1.29, 1.82) is 0 Å². The van der Waals surface area contributed by atoms with Gasteiger partial charge in [-0.3, -0.25) is 4.79 Å². The summed E-state index contributed by atoms with van der Waals surface area (Å²) < 4.78 is 9.88. The second-order valence-electron chi connectivity index (χ2n) is 3.50. The molecule has 0 rings (SSSR count). The number of hydrogen-bond acceptors (Lipinski definition) is 4. The van der Waals surface area contributed by atoms with Crippen molar-refractivity contribution in [2.45, 2.75) is 45.3 Å². The molecule has 0 fully saturated rings. The molecule has 0 aromatic rings. The van der Waals surface area contributed by atoms with Crippen LogP contribution in [0.3, 0.4) is 0 Å². The van der Waals surface area contributed by atoms with Gasteiger partial charge in [-0.25, -0.2) is 4.79 Å². The van der Waals surface area contributed by atoms with Crippen molar-refractivity contribution in [3.05, 3.63) is 0 Å². The summed E-state index contributed by atoms with van der Waals surface area (Å²) in [6.45, 7) is 3.50. The molecule has 1 unspecified atom stereocenters. The monoisotopic (exact) mass is 218 g/mol. The maximum atomic E-state index is 11.4. The zero-order chi connectivity index (χ0) is 11.8. The Morgan fingerprint density at radius 2 is 1.93 bits per heavy atom. The predicted octanol–water partition coefficient (Wildman–Crippen LogP) is 1.21. The number of carbonyl (C=O) groups is 2. The lowest BCUT2D eigenvalue weighted by atomic mass is 10.1. The van der Waals surface area contributed by atoms with Crippen molar-refractivity contribution in [1.82, 2.24) is 0 Å². The maximum absolute atomic E-state index is 11.4. The number of ether oxygens (including phenoxy) is 2. The molecule has 5 heteroatoms. The van der Waals surface area contributed by atoms with Crippen LogP contribution in [0.2, 0.25) is 0 Å². The Labute approximate surface area is 89.4 Å². The summed E-state index contributed by atoms with van der Waals surface area (Å²) in [6, 6.07) is 0. The van der Waals surface area contributed by atoms with Crippen molar-refractivity contribution in [3.8, 4) is 0 Å². The average molecular weight is 218 g/mol. The van der Waals surface area contributed by atoms with Crippen LogP contribution in [0.25, 0.3) is 0 Å². The van der Waals surface area contributed by atoms with E-state index in [1.807, 2.05) is 0 Å². The summed E-state index contributed by atoms with van der Waals surface area (Å²) in [5.41, 5.74) is 0. The second-order valence-corrected chi connectivity index (χ2v) is 3.50. The van der Waals surface area contributed by atoms with E-state index in [-0.39, 0.29) is 12.5 Å². The normalized spacial score (nSPS) is 12.5. The molecule has 0 aromatic carbocycles. The van der Waals surface area contributed by atoms with Gasteiger partial charge in [0.15, 0.2) is 6.10 Å². The molecule has 0 aromatic heterocycles. The standard InChI is InChI=1S/C10H18O5/c1-7(2)15-10(13)8(14-3)5-4-6-9(11)12/h7-8H,4-6H2,1-3H3,(H,11,12). The van der Waals surface area contributed by atoms with Crippen LogP contribution in [-0.4, -0.2) is 36.4 Å². The molecule has 15 heavy (non-hydrogen) atoms. The molecule has 5 nitrogen and oxygen atoms in total. The summed E-state index contributed by atoms with van der Waals surface area (Å²) in [7, 11) is 1.41. The molecule has 0 radical (unpaired) electrons. The number of carboxylic acids is 1. The van der Waals surface area contributed by atoms with Gasteiger partial charge in [0.25, 0.3) is 0 Å². The third-order valence-electron chi connectivity index (χ3n) is 1.76. The van der Waals surface area contributed by atoms with Crippen LogP contribution in [0.1, 0.15) is 33.1 Å². The van der Waals surface area contributed by atoms with Gasteiger partial charge in [0.2, 0.25) is 0 Å². The van der Waals surface area contributed by atoms with Gasteiger partial charge in [0.05, 0.1) is 6.10 Å². The minimum atomic E-state index is -0.873. The van der Waals surface area contributed by atoms with E-state index in [4.69, 9.17) is 14.6 Å². The van der Waals surface area contributed by atoms with E-state index in [0.717, 1.165) is 0 Å². The molecule has 0 spiro atoms. The van der Waals surface area contributed by atoms with Crippen LogP contribution in [0, 0.1) is 0 Å². The Kier molecular flexibility index (Phi) is 6.70. The lowest BCUT2D eigenvalue weighted by Gasteiger charge is -2.15. The first-order valence-corrected chi connectivity index (χ1v) is 4.92. The number of rotatable bonds is 7. The average Bonchev–Trinajstić information content (AvgIpc) is 2.10. The summed E-state index contributed by atoms with van der Waals surface area (Å²) in [5, 5.41) is 8.43. The third-order valence-corrected chi connectivity index (χ3v) is 1.76. The fourth-order valence-corrected chi connectivity index (χ4v) is 1.08. The van der Waals surface area contributed by atoms with E-state index in [2.05, 4.69) is 0 Å². The third kappa shape index (κ3) is 6.90. The van der Waals surface area contributed by atoms with Crippen LogP contribution in [0.5, 0.6) is 0 Å². The molecule has 0 saturated carbocycles. The van der Waals surface area contributed by atoms with Gasteiger partial charge in [0.1, 0.15) is 0 Å². The molecule has 0 heterocycles. The number of esters is 1. The lowest BCUT2D eigenvalue weighted by molar-refractivity contribution is -0.160. The van der Waals surface area contributed by atoms with Gasteiger partial charge in [-0.05, 0) is 26.7 Å². The Balaban J connectivity index is 3.90. The van der Waals surface area contributed by atoms with Gasteiger partial charge >= 0.3 is 11.9 Å². The van der Waals surface area contributed by atoms with Crippen LogP contribution >= 0.6 is 0 Å². The van der Waals surface area contributed by atoms with Crippen molar-refractivity contribution < 1.29 is 24.2 Å². The largest absolute Gasteiger partial charge is 0.481 e.